The minimum absolute atomic E-state index is 0.0232. The largest absolute Gasteiger partial charge is 0.389 e. The van der Waals surface area contributed by atoms with Gasteiger partial charge in [0.25, 0.3) is 0 Å². The molecule has 0 aliphatic rings. The number of halogens is 1. The highest BCUT2D eigenvalue weighted by atomic mass is 79.9. The van der Waals surface area contributed by atoms with E-state index >= 15 is 0 Å². The van der Waals surface area contributed by atoms with Gasteiger partial charge in [0.15, 0.2) is 0 Å². The van der Waals surface area contributed by atoms with Crippen LogP contribution in [-0.2, 0) is 4.79 Å². The molecule has 0 aromatic heterocycles. The Labute approximate surface area is 122 Å². The lowest BCUT2D eigenvalue weighted by Crippen LogP contribution is -2.37. The molecule has 4 nitrogen and oxygen atoms in total. The van der Waals surface area contributed by atoms with Gasteiger partial charge in [0, 0.05) is 29.7 Å². The first-order valence-corrected chi connectivity index (χ1v) is 7.02. The number of benzene rings is 1. The van der Waals surface area contributed by atoms with E-state index in [9.17, 15) is 9.90 Å². The van der Waals surface area contributed by atoms with E-state index in [0.717, 1.165) is 10.2 Å². The predicted octanol–water partition coefficient (Wildman–Crippen LogP) is 2.48. The van der Waals surface area contributed by atoms with Crippen LogP contribution in [0.15, 0.2) is 28.7 Å². The molecule has 106 valence electrons. The van der Waals surface area contributed by atoms with Crippen molar-refractivity contribution in [3.05, 3.63) is 28.7 Å². The molecular formula is C14H21BrN2O2. The molecule has 0 saturated heterocycles. The van der Waals surface area contributed by atoms with Gasteiger partial charge in [0.2, 0.25) is 5.91 Å². The number of aliphatic hydroxyl groups is 1. The van der Waals surface area contributed by atoms with Crippen molar-refractivity contribution in [2.45, 2.75) is 25.9 Å². The fraction of sp³-hybridized carbons (Fsp3) is 0.500. The molecule has 0 radical (unpaired) electrons. The summed E-state index contributed by atoms with van der Waals surface area (Å²) in [5.74, 6) is -0.0232. The fourth-order valence-electron chi connectivity index (χ4n) is 1.79. The molecule has 1 amide bonds. The van der Waals surface area contributed by atoms with Crippen LogP contribution in [0.25, 0.3) is 0 Å². The Morgan fingerprint density at radius 3 is 2.47 bits per heavy atom. The van der Waals surface area contributed by atoms with Gasteiger partial charge in [0.1, 0.15) is 0 Å². The molecule has 0 saturated carbocycles. The van der Waals surface area contributed by atoms with Crippen LogP contribution in [0.1, 0.15) is 20.3 Å². The number of amides is 1. The number of hydrogen-bond acceptors (Lipinski definition) is 3. The highest BCUT2D eigenvalue weighted by Crippen LogP contribution is 2.14. The third kappa shape index (κ3) is 7.30. The van der Waals surface area contributed by atoms with Gasteiger partial charge in [-0.1, -0.05) is 15.9 Å². The van der Waals surface area contributed by atoms with Crippen molar-refractivity contribution >= 4 is 27.5 Å². The van der Waals surface area contributed by atoms with Gasteiger partial charge < -0.3 is 15.3 Å². The molecule has 0 fully saturated rings. The molecule has 1 rings (SSSR count). The van der Waals surface area contributed by atoms with Crippen LogP contribution in [0.4, 0.5) is 5.69 Å². The summed E-state index contributed by atoms with van der Waals surface area (Å²) in [6, 6.07) is 7.47. The minimum atomic E-state index is -0.739. The van der Waals surface area contributed by atoms with Crippen LogP contribution in [0.5, 0.6) is 0 Å². The van der Waals surface area contributed by atoms with E-state index in [1.54, 1.807) is 13.8 Å². The third-order valence-electron chi connectivity index (χ3n) is 2.51. The SMILES string of the molecule is CN(CCC(=O)Nc1ccc(Br)cc1)CC(C)(C)O. The first kappa shape index (κ1) is 16.1. The lowest BCUT2D eigenvalue weighted by atomic mass is 10.1. The Bertz CT molecular complexity index is 412. The van der Waals surface area contributed by atoms with Crippen molar-refractivity contribution in [3.63, 3.8) is 0 Å². The van der Waals surface area contributed by atoms with Crippen LogP contribution >= 0.6 is 15.9 Å². The first-order valence-electron chi connectivity index (χ1n) is 6.22. The number of rotatable bonds is 6. The van der Waals surface area contributed by atoms with Gasteiger partial charge in [-0.3, -0.25) is 4.79 Å². The highest BCUT2D eigenvalue weighted by Gasteiger charge is 2.15. The maximum Gasteiger partial charge on any atom is 0.225 e. The van der Waals surface area contributed by atoms with Crippen LogP contribution in [-0.4, -0.2) is 41.7 Å². The van der Waals surface area contributed by atoms with Gasteiger partial charge in [-0.25, -0.2) is 0 Å². The number of nitrogens with one attached hydrogen (secondary N) is 1. The maximum absolute atomic E-state index is 11.8. The zero-order valence-corrected chi connectivity index (χ0v) is 13.2. The molecule has 0 aliphatic carbocycles. The summed E-state index contributed by atoms with van der Waals surface area (Å²) in [5.41, 5.74) is 0.0510. The van der Waals surface area contributed by atoms with Gasteiger partial charge >= 0.3 is 0 Å². The lowest BCUT2D eigenvalue weighted by Gasteiger charge is -2.25. The zero-order valence-electron chi connectivity index (χ0n) is 11.6. The van der Waals surface area contributed by atoms with Crippen molar-refractivity contribution in [2.24, 2.45) is 0 Å². The number of hydrogen-bond donors (Lipinski definition) is 2. The van der Waals surface area contributed by atoms with E-state index in [1.807, 2.05) is 36.2 Å². The van der Waals surface area contributed by atoms with Gasteiger partial charge in [-0.05, 0) is 45.2 Å². The number of carbonyl (C=O) groups is 1. The zero-order chi connectivity index (χ0) is 14.5. The molecule has 0 aliphatic heterocycles. The predicted molar refractivity (Wildman–Crippen MR) is 81.2 cm³/mol. The minimum Gasteiger partial charge on any atom is -0.389 e. The summed E-state index contributed by atoms with van der Waals surface area (Å²) in [7, 11) is 1.89. The van der Waals surface area contributed by atoms with Crippen molar-refractivity contribution in [2.75, 3.05) is 25.5 Å². The molecule has 19 heavy (non-hydrogen) atoms. The van der Waals surface area contributed by atoms with E-state index in [1.165, 1.54) is 0 Å². The van der Waals surface area contributed by atoms with E-state index in [4.69, 9.17) is 0 Å². The van der Waals surface area contributed by atoms with E-state index in [-0.39, 0.29) is 5.91 Å². The van der Waals surface area contributed by atoms with E-state index in [2.05, 4.69) is 21.2 Å². The Morgan fingerprint density at radius 1 is 1.37 bits per heavy atom. The van der Waals surface area contributed by atoms with Crippen molar-refractivity contribution in [3.8, 4) is 0 Å². The van der Waals surface area contributed by atoms with Crippen LogP contribution < -0.4 is 5.32 Å². The van der Waals surface area contributed by atoms with Gasteiger partial charge in [-0.2, -0.15) is 0 Å². The van der Waals surface area contributed by atoms with Crippen LogP contribution in [0.3, 0.4) is 0 Å². The topological polar surface area (TPSA) is 52.6 Å². The van der Waals surface area contributed by atoms with Crippen molar-refractivity contribution < 1.29 is 9.90 Å². The third-order valence-corrected chi connectivity index (χ3v) is 3.03. The Morgan fingerprint density at radius 2 is 1.95 bits per heavy atom. The van der Waals surface area contributed by atoms with Crippen molar-refractivity contribution in [1.82, 2.24) is 4.90 Å². The molecule has 0 spiro atoms. The lowest BCUT2D eigenvalue weighted by molar-refractivity contribution is -0.116. The molecule has 5 heteroatoms. The molecule has 1 aromatic rings. The van der Waals surface area contributed by atoms with Crippen molar-refractivity contribution in [1.29, 1.82) is 0 Å². The fourth-order valence-corrected chi connectivity index (χ4v) is 2.05. The van der Waals surface area contributed by atoms with Crippen LogP contribution in [0, 0.1) is 0 Å². The quantitative estimate of drug-likeness (QED) is 0.843. The van der Waals surface area contributed by atoms with Gasteiger partial charge in [0.05, 0.1) is 5.60 Å². The van der Waals surface area contributed by atoms with Crippen LogP contribution in [0.2, 0.25) is 0 Å². The summed E-state index contributed by atoms with van der Waals surface area (Å²) in [5, 5.41) is 12.5. The molecule has 0 atom stereocenters. The summed E-state index contributed by atoms with van der Waals surface area (Å²) in [6.07, 6.45) is 0.405. The highest BCUT2D eigenvalue weighted by molar-refractivity contribution is 9.10. The number of nitrogens with zero attached hydrogens (tertiary/aromatic N) is 1. The molecule has 0 unspecified atom stereocenters. The second kappa shape index (κ2) is 7.03. The maximum atomic E-state index is 11.8. The number of likely N-dealkylation sites (N-methyl/N-ethyl adjacent to an activating group) is 1. The Balaban J connectivity index is 2.34. The second-order valence-corrected chi connectivity index (χ2v) is 6.27. The summed E-state index contributed by atoms with van der Waals surface area (Å²) >= 11 is 3.35. The Kier molecular flexibility index (Phi) is 5.97. The average molecular weight is 329 g/mol. The number of anilines is 1. The summed E-state index contributed by atoms with van der Waals surface area (Å²) in [6.45, 7) is 4.67. The normalized spacial score (nSPS) is 11.7. The van der Waals surface area contributed by atoms with E-state index < -0.39 is 5.60 Å². The summed E-state index contributed by atoms with van der Waals surface area (Å²) < 4.78 is 0.982. The monoisotopic (exact) mass is 328 g/mol. The average Bonchev–Trinajstić information content (AvgIpc) is 2.27. The van der Waals surface area contributed by atoms with E-state index in [0.29, 0.717) is 19.5 Å². The standard InChI is InChI=1S/C14H21BrN2O2/c1-14(2,19)10-17(3)9-8-13(18)16-12-6-4-11(15)5-7-12/h4-7,19H,8-10H2,1-3H3,(H,16,18). The summed E-state index contributed by atoms with van der Waals surface area (Å²) in [4.78, 5) is 13.7. The smallest absolute Gasteiger partial charge is 0.225 e. The number of carbonyl (C=O) groups excluding carboxylic acids is 1. The Hall–Kier alpha value is -0.910. The molecule has 2 N–H and O–H groups in total. The molecular weight excluding hydrogens is 308 g/mol. The molecule has 1 aromatic carbocycles. The molecule has 0 heterocycles. The first-order chi connectivity index (χ1) is 8.76. The molecule has 0 bridgehead atoms. The van der Waals surface area contributed by atoms with Gasteiger partial charge in [-0.15, -0.1) is 0 Å². The second-order valence-electron chi connectivity index (χ2n) is 5.36.